The molecule has 2 atom stereocenters. The number of halogens is 1. The lowest BCUT2D eigenvalue weighted by atomic mass is 10.2. The average molecular weight is 294 g/mol. The van der Waals surface area contributed by atoms with Gasteiger partial charge in [0.25, 0.3) is 0 Å². The minimum Gasteiger partial charge on any atom is -0.373 e. The number of ether oxygens (including phenoxy) is 2. The van der Waals surface area contributed by atoms with E-state index in [4.69, 9.17) is 21.1 Å². The van der Waals surface area contributed by atoms with Crippen LogP contribution in [0.4, 0.5) is 0 Å². The van der Waals surface area contributed by atoms with Crippen molar-refractivity contribution in [3.63, 3.8) is 0 Å². The highest BCUT2D eigenvalue weighted by Crippen LogP contribution is 2.12. The molecule has 0 aromatic carbocycles. The average Bonchev–Trinajstić information content (AvgIpc) is 2.37. The Morgan fingerprint density at radius 2 is 1.42 bits per heavy atom. The second kappa shape index (κ2) is 13.2. The Bertz CT molecular complexity index is 191. The van der Waals surface area contributed by atoms with Crippen LogP contribution in [0.1, 0.15) is 52.4 Å². The molecule has 0 bridgehead atoms. The molecule has 0 rings (SSSR count). The van der Waals surface area contributed by atoms with Crippen molar-refractivity contribution in [2.45, 2.75) is 64.0 Å². The largest absolute Gasteiger partial charge is 0.373 e. The van der Waals surface area contributed by atoms with Gasteiger partial charge in [-0.1, -0.05) is 51.1 Å². The molecule has 0 aliphatic rings. The number of hydrogen-bond donors (Lipinski definition) is 0. The van der Waals surface area contributed by atoms with Crippen LogP contribution < -0.4 is 0 Å². The van der Waals surface area contributed by atoms with E-state index in [1.54, 1.807) is 0 Å². The Morgan fingerprint density at radius 3 is 1.89 bits per heavy atom. The van der Waals surface area contributed by atoms with Crippen molar-refractivity contribution in [2.24, 2.45) is 0 Å². The SMILES string of the molecule is CCCCCOC(Cl)C(CN(C)C)OCCCCC. The van der Waals surface area contributed by atoms with E-state index in [0.717, 1.165) is 32.6 Å². The highest BCUT2D eigenvalue weighted by Gasteiger charge is 2.21. The number of alkyl halides is 1. The van der Waals surface area contributed by atoms with Gasteiger partial charge in [-0.3, -0.25) is 0 Å². The first-order valence-corrected chi connectivity index (χ1v) is 8.07. The molecule has 0 spiro atoms. The predicted octanol–water partition coefficient (Wildman–Crippen LogP) is 3.90. The molecule has 19 heavy (non-hydrogen) atoms. The second-order valence-corrected chi connectivity index (χ2v) is 5.74. The first-order valence-electron chi connectivity index (χ1n) is 7.63. The normalized spacial score (nSPS) is 14.8. The highest BCUT2D eigenvalue weighted by molar-refractivity contribution is 6.20. The van der Waals surface area contributed by atoms with Gasteiger partial charge in [0.1, 0.15) is 6.10 Å². The molecule has 0 fully saturated rings. The van der Waals surface area contributed by atoms with Gasteiger partial charge >= 0.3 is 0 Å². The van der Waals surface area contributed by atoms with Crippen LogP contribution in [0.15, 0.2) is 0 Å². The zero-order valence-corrected chi connectivity index (χ0v) is 13.9. The maximum Gasteiger partial charge on any atom is 0.158 e. The summed E-state index contributed by atoms with van der Waals surface area (Å²) in [6.07, 6.45) is 6.93. The summed E-state index contributed by atoms with van der Waals surface area (Å²) in [5.41, 5.74) is -0.346. The van der Waals surface area contributed by atoms with Crippen LogP contribution in [-0.2, 0) is 9.47 Å². The molecule has 0 heterocycles. The van der Waals surface area contributed by atoms with E-state index < -0.39 is 0 Å². The molecule has 0 radical (unpaired) electrons. The quantitative estimate of drug-likeness (QED) is 0.380. The van der Waals surface area contributed by atoms with Gasteiger partial charge in [0.05, 0.1) is 0 Å². The topological polar surface area (TPSA) is 21.7 Å². The molecule has 0 amide bonds. The summed E-state index contributed by atoms with van der Waals surface area (Å²) >= 11 is 6.31. The molecule has 0 aromatic rings. The molecule has 0 N–H and O–H groups in total. The van der Waals surface area contributed by atoms with Gasteiger partial charge in [0, 0.05) is 19.8 Å². The minimum atomic E-state index is -0.346. The Hall–Kier alpha value is 0.170. The summed E-state index contributed by atoms with van der Waals surface area (Å²) in [6, 6.07) is 0. The fourth-order valence-electron chi connectivity index (χ4n) is 1.81. The van der Waals surface area contributed by atoms with Crippen molar-refractivity contribution in [2.75, 3.05) is 33.9 Å². The number of likely N-dealkylation sites (N-methyl/N-ethyl adjacent to an activating group) is 1. The summed E-state index contributed by atoms with van der Waals surface area (Å²) in [6.45, 7) is 6.68. The van der Waals surface area contributed by atoms with Gasteiger partial charge in [-0.15, -0.1) is 0 Å². The third kappa shape index (κ3) is 11.7. The molecule has 2 unspecified atom stereocenters. The molecule has 0 saturated carbocycles. The van der Waals surface area contributed by atoms with E-state index in [1.807, 2.05) is 14.1 Å². The van der Waals surface area contributed by atoms with Crippen LogP contribution in [0, 0.1) is 0 Å². The summed E-state index contributed by atoms with van der Waals surface area (Å²) in [4.78, 5) is 2.09. The maximum atomic E-state index is 6.31. The van der Waals surface area contributed by atoms with Gasteiger partial charge in [0.2, 0.25) is 0 Å². The van der Waals surface area contributed by atoms with Gasteiger partial charge in [0.15, 0.2) is 5.56 Å². The third-order valence-electron chi connectivity index (χ3n) is 2.94. The van der Waals surface area contributed by atoms with E-state index in [-0.39, 0.29) is 11.7 Å². The Kier molecular flexibility index (Phi) is 13.3. The zero-order valence-electron chi connectivity index (χ0n) is 13.2. The highest BCUT2D eigenvalue weighted by atomic mass is 35.5. The summed E-state index contributed by atoms with van der Waals surface area (Å²) in [5, 5.41) is 0. The molecule has 0 aliphatic heterocycles. The lowest BCUT2D eigenvalue weighted by Crippen LogP contribution is -2.37. The van der Waals surface area contributed by atoms with Gasteiger partial charge in [-0.2, -0.15) is 0 Å². The molecule has 0 aromatic heterocycles. The van der Waals surface area contributed by atoms with Crippen LogP contribution >= 0.6 is 11.6 Å². The summed E-state index contributed by atoms with van der Waals surface area (Å²) < 4.78 is 11.6. The summed E-state index contributed by atoms with van der Waals surface area (Å²) in [5.74, 6) is 0. The van der Waals surface area contributed by atoms with E-state index in [1.165, 1.54) is 25.7 Å². The number of unbranched alkanes of at least 4 members (excludes halogenated alkanes) is 4. The maximum absolute atomic E-state index is 6.31. The molecule has 3 nitrogen and oxygen atoms in total. The van der Waals surface area contributed by atoms with E-state index in [9.17, 15) is 0 Å². The van der Waals surface area contributed by atoms with Crippen molar-refractivity contribution in [1.29, 1.82) is 0 Å². The van der Waals surface area contributed by atoms with Crippen molar-refractivity contribution in [1.82, 2.24) is 4.90 Å². The van der Waals surface area contributed by atoms with Crippen LogP contribution in [0.25, 0.3) is 0 Å². The molecule has 0 aliphatic carbocycles. The lowest BCUT2D eigenvalue weighted by Gasteiger charge is -2.25. The fourth-order valence-corrected chi connectivity index (χ4v) is 2.05. The predicted molar refractivity (Wildman–Crippen MR) is 82.9 cm³/mol. The van der Waals surface area contributed by atoms with Crippen LogP contribution in [0.3, 0.4) is 0 Å². The number of nitrogens with zero attached hydrogens (tertiary/aromatic N) is 1. The molecule has 0 saturated heterocycles. The fraction of sp³-hybridized carbons (Fsp3) is 1.00. The van der Waals surface area contributed by atoms with Crippen molar-refractivity contribution in [3.8, 4) is 0 Å². The van der Waals surface area contributed by atoms with Gasteiger partial charge in [-0.05, 0) is 26.9 Å². The first-order chi connectivity index (χ1) is 9.11. The van der Waals surface area contributed by atoms with Crippen molar-refractivity contribution < 1.29 is 9.47 Å². The number of hydrogen-bond acceptors (Lipinski definition) is 3. The third-order valence-corrected chi connectivity index (χ3v) is 3.35. The van der Waals surface area contributed by atoms with E-state index in [0.29, 0.717) is 0 Å². The van der Waals surface area contributed by atoms with Gasteiger partial charge < -0.3 is 14.4 Å². The van der Waals surface area contributed by atoms with Gasteiger partial charge in [-0.25, -0.2) is 0 Å². The minimum absolute atomic E-state index is 0.0462. The number of rotatable bonds is 13. The Morgan fingerprint density at radius 1 is 0.895 bits per heavy atom. The molecule has 4 heteroatoms. The second-order valence-electron chi connectivity index (χ2n) is 5.31. The molecule has 116 valence electrons. The van der Waals surface area contributed by atoms with E-state index >= 15 is 0 Å². The van der Waals surface area contributed by atoms with Crippen LogP contribution in [0.2, 0.25) is 0 Å². The molecular formula is C15H32ClNO2. The van der Waals surface area contributed by atoms with E-state index in [2.05, 4.69) is 18.7 Å². The Labute approximate surface area is 124 Å². The monoisotopic (exact) mass is 293 g/mol. The Balaban J connectivity index is 3.93. The standard InChI is InChI=1S/C15H32ClNO2/c1-5-7-9-11-18-14(13-17(3)4)15(16)19-12-10-8-6-2/h14-15H,5-13H2,1-4H3. The molecular weight excluding hydrogens is 262 g/mol. The van der Waals surface area contributed by atoms with Crippen LogP contribution in [-0.4, -0.2) is 50.4 Å². The van der Waals surface area contributed by atoms with Crippen molar-refractivity contribution in [3.05, 3.63) is 0 Å². The summed E-state index contributed by atoms with van der Waals surface area (Å²) in [7, 11) is 4.06. The van der Waals surface area contributed by atoms with Crippen LogP contribution in [0.5, 0.6) is 0 Å². The lowest BCUT2D eigenvalue weighted by molar-refractivity contribution is -0.0477. The zero-order chi connectivity index (χ0) is 14.5. The smallest absolute Gasteiger partial charge is 0.158 e. The van der Waals surface area contributed by atoms with Crippen molar-refractivity contribution >= 4 is 11.6 Å². The first kappa shape index (κ1) is 19.2.